The summed E-state index contributed by atoms with van der Waals surface area (Å²) in [5, 5.41) is 17.4. The maximum absolute atomic E-state index is 11.0. The molecule has 20 heavy (non-hydrogen) atoms. The third-order valence-corrected chi connectivity index (χ3v) is 3.64. The minimum Gasteiger partial charge on any atom is -0.373 e. The van der Waals surface area contributed by atoms with E-state index in [2.05, 4.69) is 38.2 Å². The highest BCUT2D eigenvalue weighted by molar-refractivity contribution is 14.1. The first kappa shape index (κ1) is 14.8. The first-order chi connectivity index (χ1) is 9.51. The highest BCUT2D eigenvalue weighted by Gasteiger charge is 2.17. The molecule has 6 nitrogen and oxygen atoms in total. The summed E-state index contributed by atoms with van der Waals surface area (Å²) in [6.45, 7) is 0. The molecule has 104 valence electrons. The summed E-state index contributed by atoms with van der Waals surface area (Å²) >= 11 is 7.98. The van der Waals surface area contributed by atoms with Gasteiger partial charge in [0.15, 0.2) is 0 Å². The van der Waals surface area contributed by atoms with E-state index in [1.165, 1.54) is 6.07 Å². The second-order valence-electron chi connectivity index (χ2n) is 3.82. The number of anilines is 3. The molecule has 0 saturated heterocycles. The third kappa shape index (κ3) is 3.28. The summed E-state index contributed by atoms with van der Waals surface area (Å²) in [5.74, 6) is 0.726. The van der Waals surface area contributed by atoms with Crippen LogP contribution in [0.3, 0.4) is 0 Å². The van der Waals surface area contributed by atoms with Crippen molar-refractivity contribution in [1.82, 2.24) is 4.98 Å². The van der Waals surface area contributed by atoms with Crippen molar-refractivity contribution >= 4 is 57.2 Å². The number of aromatic nitrogens is 1. The summed E-state index contributed by atoms with van der Waals surface area (Å²) in [5.41, 5.74) is 0.619. The van der Waals surface area contributed by atoms with E-state index in [1.54, 1.807) is 31.3 Å². The van der Waals surface area contributed by atoms with E-state index < -0.39 is 4.92 Å². The van der Waals surface area contributed by atoms with Crippen molar-refractivity contribution in [2.45, 2.75) is 0 Å². The molecule has 0 atom stereocenters. The molecule has 1 heterocycles. The number of hydrogen-bond donors (Lipinski definition) is 2. The SMILES string of the molecule is CNc1ccc([N+](=O)[O-])c(Nc2ccc(Cl)cc2I)n1. The molecule has 0 amide bonds. The number of nitro groups is 1. The van der Waals surface area contributed by atoms with Crippen LogP contribution in [0.25, 0.3) is 0 Å². The monoisotopic (exact) mass is 404 g/mol. The zero-order chi connectivity index (χ0) is 14.7. The van der Waals surface area contributed by atoms with Crippen molar-refractivity contribution in [3.63, 3.8) is 0 Å². The lowest BCUT2D eigenvalue weighted by atomic mass is 10.3. The third-order valence-electron chi connectivity index (χ3n) is 2.51. The number of benzene rings is 1. The van der Waals surface area contributed by atoms with E-state index in [0.717, 1.165) is 3.57 Å². The van der Waals surface area contributed by atoms with Crippen molar-refractivity contribution < 1.29 is 4.92 Å². The van der Waals surface area contributed by atoms with Crippen molar-refractivity contribution in [3.8, 4) is 0 Å². The molecule has 2 rings (SSSR count). The van der Waals surface area contributed by atoms with Crippen LogP contribution in [-0.4, -0.2) is 17.0 Å². The topological polar surface area (TPSA) is 80.1 Å². The minimum absolute atomic E-state index is 0.0882. The molecule has 0 spiro atoms. The smallest absolute Gasteiger partial charge is 0.311 e. The van der Waals surface area contributed by atoms with Crippen molar-refractivity contribution in [2.75, 3.05) is 17.7 Å². The molecular formula is C12H10ClIN4O2. The maximum Gasteiger partial charge on any atom is 0.311 e. The van der Waals surface area contributed by atoms with Gasteiger partial charge in [0, 0.05) is 21.7 Å². The van der Waals surface area contributed by atoms with Gasteiger partial charge in [0.1, 0.15) is 5.82 Å². The van der Waals surface area contributed by atoms with Gasteiger partial charge < -0.3 is 10.6 Å². The molecule has 1 aromatic heterocycles. The molecule has 8 heteroatoms. The van der Waals surface area contributed by atoms with E-state index in [9.17, 15) is 10.1 Å². The van der Waals surface area contributed by atoms with E-state index in [1.807, 2.05) is 0 Å². The van der Waals surface area contributed by atoms with Crippen LogP contribution in [0.1, 0.15) is 0 Å². The molecule has 0 bridgehead atoms. The van der Waals surface area contributed by atoms with E-state index in [4.69, 9.17) is 11.6 Å². The second-order valence-corrected chi connectivity index (χ2v) is 5.42. The summed E-state index contributed by atoms with van der Waals surface area (Å²) in [4.78, 5) is 14.7. The number of halogens is 2. The van der Waals surface area contributed by atoms with E-state index in [-0.39, 0.29) is 11.5 Å². The predicted octanol–water partition coefficient (Wildman–Crippen LogP) is 4.03. The van der Waals surface area contributed by atoms with Gasteiger partial charge in [-0.3, -0.25) is 10.1 Å². The highest BCUT2D eigenvalue weighted by atomic mass is 127. The standard InChI is InChI=1S/C12H10ClIN4O2/c1-15-11-5-4-10(18(19)20)12(17-11)16-9-3-2-7(13)6-8(9)14/h2-6H,1H3,(H2,15,16,17). The molecular weight excluding hydrogens is 395 g/mol. The van der Waals surface area contributed by atoms with Gasteiger partial charge in [-0.15, -0.1) is 0 Å². The fourth-order valence-electron chi connectivity index (χ4n) is 1.55. The zero-order valence-corrected chi connectivity index (χ0v) is 13.3. The Morgan fingerprint density at radius 2 is 2.10 bits per heavy atom. The molecule has 2 N–H and O–H groups in total. The van der Waals surface area contributed by atoms with Crippen LogP contribution >= 0.6 is 34.2 Å². The first-order valence-corrected chi connectivity index (χ1v) is 7.02. The van der Waals surface area contributed by atoms with Gasteiger partial charge in [-0.05, 0) is 46.9 Å². The van der Waals surface area contributed by atoms with Gasteiger partial charge in [0.2, 0.25) is 5.82 Å². The van der Waals surface area contributed by atoms with Crippen LogP contribution in [0.5, 0.6) is 0 Å². The van der Waals surface area contributed by atoms with Crippen LogP contribution < -0.4 is 10.6 Å². The van der Waals surface area contributed by atoms with Crippen LogP contribution in [0.4, 0.5) is 23.0 Å². The summed E-state index contributed by atoms with van der Waals surface area (Å²) in [6, 6.07) is 8.18. The van der Waals surface area contributed by atoms with Crippen molar-refractivity contribution in [1.29, 1.82) is 0 Å². The van der Waals surface area contributed by atoms with Gasteiger partial charge in [-0.25, -0.2) is 4.98 Å². The molecule has 0 aliphatic rings. The Morgan fingerprint density at radius 3 is 2.70 bits per heavy atom. The zero-order valence-electron chi connectivity index (χ0n) is 10.4. The van der Waals surface area contributed by atoms with E-state index >= 15 is 0 Å². The lowest BCUT2D eigenvalue weighted by molar-refractivity contribution is -0.384. The number of hydrogen-bond acceptors (Lipinski definition) is 5. The lowest BCUT2D eigenvalue weighted by Crippen LogP contribution is -2.03. The number of rotatable bonds is 4. The van der Waals surface area contributed by atoms with Crippen LogP contribution in [0.2, 0.25) is 5.02 Å². The summed E-state index contributed by atoms with van der Waals surface area (Å²) in [7, 11) is 1.70. The molecule has 0 fully saturated rings. The van der Waals surface area contributed by atoms with Gasteiger partial charge in [-0.2, -0.15) is 0 Å². The molecule has 1 aromatic carbocycles. The molecule has 0 radical (unpaired) electrons. The largest absolute Gasteiger partial charge is 0.373 e. The van der Waals surface area contributed by atoms with Crippen molar-refractivity contribution in [2.24, 2.45) is 0 Å². The molecule has 0 saturated carbocycles. The fourth-order valence-corrected chi connectivity index (χ4v) is 2.56. The van der Waals surface area contributed by atoms with Crippen LogP contribution in [0.15, 0.2) is 30.3 Å². The molecule has 0 aliphatic heterocycles. The van der Waals surface area contributed by atoms with Gasteiger partial charge in [-0.1, -0.05) is 11.6 Å². The van der Waals surface area contributed by atoms with Gasteiger partial charge >= 0.3 is 5.69 Å². The van der Waals surface area contributed by atoms with Gasteiger partial charge in [0.05, 0.1) is 10.6 Å². The summed E-state index contributed by atoms with van der Waals surface area (Å²) in [6.07, 6.45) is 0. The second kappa shape index (κ2) is 6.23. The Hall–Kier alpha value is -1.61. The van der Waals surface area contributed by atoms with Crippen molar-refractivity contribution in [3.05, 3.63) is 49.0 Å². The normalized spacial score (nSPS) is 10.2. The Labute approximate surface area is 133 Å². The Kier molecular flexibility index (Phi) is 4.61. The molecule has 0 unspecified atom stereocenters. The number of nitrogens with zero attached hydrogens (tertiary/aromatic N) is 2. The highest BCUT2D eigenvalue weighted by Crippen LogP contribution is 2.30. The predicted molar refractivity (Wildman–Crippen MR) is 87.9 cm³/mol. The Balaban J connectivity index is 2.43. The Morgan fingerprint density at radius 1 is 1.35 bits per heavy atom. The van der Waals surface area contributed by atoms with Crippen LogP contribution in [-0.2, 0) is 0 Å². The fraction of sp³-hybridized carbons (Fsp3) is 0.0833. The lowest BCUT2D eigenvalue weighted by Gasteiger charge is -2.10. The van der Waals surface area contributed by atoms with E-state index in [0.29, 0.717) is 16.5 Å². The number of nitrogens with one attached hydrogen (secondary N) is 2. The van der Waals surface area contributed by atoms with Crippen LogP contribution in [0, 0.1) is 13.7 Å². The average Bonchev–Trinajstić information content (AvgIpc) is 2.41. The minimum atomic E-state index is -0.475. The van der Waals surface area contributed by atoms with Gasteiger partial charge in [0.25, 0.3) is 0 Å². The Bertz CT molecular complexity index is 666. The maximum atomic E-state index is 11.0. The number of pyridine rings is 1. The first-order valence-electron chi connectivity index (χ1n) is 5.56. The molecule has 2 aromatic rings. The average molecular weight is 405 g/mol. The summed E-state index contributed by atoms with van der Waals surface area (Å²) < 4.78 is 0.848. The quantitative estimate of drug-likeness (QED) is 0.457. The molecule has 0 aliphatic carbocycles.